The summed E-state index contributed by atoms with van der Waals surface area (Å²) in [5.41, 5.74) is 10.4. The zero-order valence-electron chi connectivity index (χ0n) is 21.3. The van der Waals surface area contributed by atoms with Gasteiger partial charge in [0.05, 0.1) is 22.2 Å². The van der Waals surface area contributed by atoms with E-state index in [4.69, 9.17) is 4.42 Å². The molecule has 0 radical (unpaired) electrons. The molecule has 0 spiro atoms. The van der Waals surface area contributed by atoms with Crippen molar-refractivity contribution in [2.75, 3.05) is 0 Å². The van der Waals surface area contributed by atoms with Gasteiger partial charge in [0.2, 0.25) is 0 Å². The number of para-hydroxylation sites is 4. The Morgan fingerprint density at radius 3 is 2.00 bits per heavy atom. The van der Waals surface area contributed by atoms with Crippen molar-refractivity contribution < 1.29 is 4.42 Å². The summed E-state index contributed by atoms with van der Waals surface area (Å²) in [5.74, 6) is 0. The van der Waals surface area contributed by atoms with E-state index in [1.54, 1.807) is 0 Å². The average Bonchev–Trinajstić information content (AvgIpc) is 3.65. The number of furan rings is 1. The van der Waals surface area contributed by atoms with Gasteiger partial charge < -0.3 is 13.6 Å². The average molecular weight is 501 g/mol. The number of benzene rings is 5. The van der Waals surface area contributed by atoms with Crippen LogP contribution in [0.3, 0.4) is 0 Å². The summed E-state index contributed by atoms with van der Waals surface area (Å²) in [6.07, 6.45) is 6.65. The monoisotopic (exact) mass is 500 g/mol. The van der Waals surface area contributed by atoms with Crippen LogP contribution in [0.5, 0.6) is 0 Å². The van der Waals surface area contributed by atoms with Crippen molar-refractivity contribution in [3.05, 3.63) is 127 Å². The first-order chi connectivity index (χ1) is 19.4. The Hall–Kier alpha value is -5.02. The molecule has 1 aliphatic carbocycles. The molecule has 0 unspecified atom stereocenters. The molecule has 0 aliphatic heterocycles. The van der Waals surface area contributed by atoms with Crippen molar-refractivity contribution in [2.24, 2.45) is 0 Å². The van der Waals surface area contributed by atoms with E-state index in [1.807, 2.05) is 0 Å². The molecule has 3 aromatic heterocycles. The molecule has 3 nitrogen and oxygen atoms in total. The van der Waals surface area contributed by atoms with Gasteiger partial charge in [0, 0.05) is 43.9 Å². The molecular weight excluding hydrogens is 476 g/mol. The van der Waals surface area contributed by atoms with Crippen LogP contribution in [-0.4, -0.2) is 9.13 Å². The molecule has 0 fully saturated rings. The lowest BCUT2D eigenvalue weighted by molar-refractivity contribution is 0.664. The third-order valence-electron chi connectivity index (χ3n) is 8.39. The largest absolute Gasteiger partial charge is 0.454 e. The van der Waals surface area contributed by atoms with Crippen molar-refractivity contribution in [2.45, 2.75) is 12.8 Å². The maximum absolute atomic E-state index is 6.65. The lowest BCUT2D eigenvalue weighted by Gasteiger charge is -2.13. The van der Waals surface area contributed by atoms with E-state index >= 15 is 0 Å². The van der Waals surface area contributed by atoms with E-state index in [2.05, 4.69) is 130 Å². The fourth-order valence-corrected chi connectivity index (χ4v) is 6.73. The summed E-state index contributed by atoms with van der Waals surface area (Å²) < 4.78 is 11.4. The van der Waals surface area contributed by atoms with Crippen molar-refractivity contribution in [1.82, 2.24) is 9.13 Å². The van der Waals surface area contributed by atoms with Gasteiger partial charge in [-0.1, -0.05) is 78.9 Å². The van der Waals surface area contributed by atoms with Crippen LogP contribution < -0.4 is 0 Å². The second-order valence-corrected chi connectivity index (χ2v) is 10.5. The Morgan fingerprint density at radius 1 is 0.564 bits per heavy atom. The van der Waals surface area contributed by atoms with E-state index in [-0.39, 0.29) is 0 Å². The molecule has 9 rings (SSSR count). The van der Waals surface area contributed by atoms with Crippen LogP contribution in [0.2, 0.25) is 0 Å². The predicted molar refractivity (Wildman–Crippen MR) is 162 cm³/mol. The van der Waals surface area contributed by atoms with Crippen LogP contribution in [0.25, 0.3) is 72.1 Å². The van der Waals surface area contributed by atoms with Gasteiger partial charge in [-0.25, -0.2) is 0 Å². The molecule has 0 saturated carbocycles. The number of nitrogens with zero attached hydrogens (tertiary/aromatic N) is 2. The Morgan fingerprint density at radius 2 is 1.23 bits per heavy atom. The van der Waals surface area contributed by atoms with E-state index in [1.165, 1.54) is 44.0 Å². The van der Waals surface area contributed by atoms with Gasteiger partial charge in [0.1, 0.15) is 5.58 Å². The highest BCUT2D eigenvalue weighted by molar-refractivity contribution is 6.11. The first-order valence-corrected chi connectivity index (χ1v) is 13.6. The maximum Gasteiger partial charge on any atom is 0.159 e. The minimum absolute atomic E-state index is 0.909. The molecule has 8 aromatic rings. The fraction of sp³-hybridized carbons (Fsp3) is 0.0556. The van der Waals surface area contributed by atoms with E-state index in [0.717, 1.165) is 46.2 Å². The third-order valence-corrected chi connectivity index (χ3v) is 8.39. The van der Waals surface area contributed by atoms with Gasteiger partial charge in [-0.15, -0.1) is 0 Å². The Kier molecular flexibility index (Phi) is 4.17. The Balaban J connectivity index is 1.33. The first kappa shape index (κ1) is 21.0. The number of fused-ring (bicyclic) bond motifs is 9. The van der Waals surface area contributed by atoms with Gasteiger partial charge >= 0.3 is 0 Å². The van der Waals surface area contributed by atoms with Crippen LogP contribution in [0.4, 0.5) is 0 Å². The molecule has 3 heteroatoms. The zero-order chi connectivity index (χ0) is 25.5. The molecule has 0 bridgehead atoms. The van der Waals surface area contributed by atoms with Crippen LogP contribution in [0.1, 0.15) is 17.7 Å². The summed E-state index contributed by atoms with van der Waals surface area (Å²) in [4.78, 5) is 0. The molecule has 39 heavy (non-hydrogen) atoms. The van der Waals surface area contributed by atoms with Crippen molar-refractivity contribution in [3.8, 4) is 11.4 Å². The first-order valence-electron chi connectivity index (χ1n) is 13.6. The van der Waals surface area contributed by atoms with E-state index < -0.39 is 0 Å². The van der Waals surface area contributed by atoms with Gasteiger partial charge in [0.25, 0.3) is 0 Å². The summed E-state index contributed by atoms with van der Waals surface area (Å²) in [7, 11) is 0. The lowest BCUT2D eigenvalue weighted by atomic mass is 10.0. The number of rotatable bonds is 2. The third kappa shape index (κ3) is 2.82. The number of aromatic nitrogens is 2. The minimum Gasteiger partial charge on any atom is -0.454 e. The normalized spacial score (nSPS) is 13.3. The van der Waals surface area contributed by atoms with Crippen molar-refractivity contribution >= 4 is 60.7 Å². The highest BCUT2D eigenvalue weighted by Gasteiger charge is 2.21. The van der Waals surface area contributed by atoms with Crippen LogP contribution in [-0.2, 0) is 6.42 Å². The quantitative estimate of drug-likeness (QED) is 0.232. The Labute approximate surface area is 224 Å². The van der Waals surface area contributed by atoms with Gasteiger partial charge in [-0.05, 0) is 55.3 Å². The highest BCUT2D eigenvalue weighted by atomic mass is 16.3. The van der Waals surface area contributed by atoms with Gasteiger partial charge in [-0.2, -0.15) is 0 Å². The van der Waals surface area contributed by atoms with E-state index in [9.17, 15) is 0 Å². The molecule has 0 amide bonds. The topological polar surface area (TPSA) is 23.0 Å². The van der Waals surface area contributed by atoms with Gasteiger partial charge in [0.15, 0.2) is 5.58 Å². The molecule has 5 aromatic carbocycles. The lowest BCUT2D eigenvalue weighted by Crippen LogP contribution is -2.03. The van der Waals surface area contributed by atoms with Crippen molar-refractivity contribution in [3.63, 3.8) is 0 Å². The van der Waals surface area contributed by atoms with Crippen molar-refractivity contribution in [1.29, 1.82) is 0 Å². The van der Waals surface area contributed by atoms with Crippen LogP contribution >= 0.6 is 0 Å². The molecular formula is C36H24N2O. The van der Waals surface area contributed by atoms with Gasteiger partial charge in [-0.3, -0.25) is 0 Å². The zero-order valence-corrected chi connectivity index (χ0v) is 21.3. The summed E-state index contributed by atoms with van der Waals surface area (Å²) in [5, 5.41) is 6.11. The summed E-state index contributed by atoms with van der Waals surface area (Å²) >= 11 is 0. The standard InChI is InChI=1S/C36H24N2O/c1-5-15-30-24(10-1)25-11-2-6-16-31(25)37(30)23-20-21-35-29(22-23)28-14-9-19-34(36(28)39-35)38-32-17-7-3-12-26(32)27-13-4-8-18-33(27)38/h1-7,9-17,19-22H,8,18H2. The molecule has 0 atom stereocenters. The molecule has 3 heterocycles. The number of hydrogen-bond acceptors (Lipinski definition) is 1. The summed E-state index contributed by atoms with van der Waals surface area (Å²) in [6.45, 7) is 0. The fourth-order valence-electron chi connectivity index (χ4n) is 6.73. The summed E-state index contributed by atoms with van der Waals surface area (Å²) in [6, 6.07) is 39.2. The highest BCUT2D eigenvalue weighted by Crippen LogP contribution is 2.40. The van der Waals surface area contributed by atoms with E-state index in [0.29, 0.717) is 0 Å². The number of hydrogen-bond donors (Lipinski definition) is 0. The minimum atomic E-state index is 0.909. The Bertz CT molecular complexity index is 2240. The van der Waals surface area contributed by atoms with Crippen LogP contribution in [0.15, 0.2) is 120 Å². The molecule has 1 aliphatic rings. The maximum atomic E-state index is 6.65. The number of allylic oxidation sites excluding steroid dienone is 1. The second-order valence-electron chi connectivity index (χ2n) is 10.5. The van der Waals surface area contributed by atoms with Crippen LogP contribution in [0, 0.1) is 0 Å². The predicted octanol–water partition coefficient (Wildman–Crippen LogP) is 9.59. The molecule has 0 saturated heterocycles. The second kappa shape index (κ2) is 7.75. The molecule has 0 N–H and O–H groups in total. The SMILES string of the molecule is C1=Cc2c(n(-c3cccc4c3oc3ccc(-n5c6ccccc6c6ccccc65)cc34)c3ccccc23)CC1. The molecule has 184 valence electrons. The smallest absolute Gasteiger partial charge is 0.159 e.